The Hall–Kier alpha value is -2.05. The number of thiazole rings is 1. The summed E-state index contributed by atoms with van der Waals surface area (Å²) in [5.74, 6) is 0.996. The Morgan fingerprint density at radius 1 is 1.30 bits per heavy atom. The maximum absolute atomic E-state index is 13.2. The SMILES string of the molecule is COc1cc(SC)ccc1C(=O)N1CCCC(c2nc3ccccc3s2)C1. The molecule has 1 aliphatic heterocycles. The number of rotatable bonds is 4. The van der Waals surface area contributed by atoms with Crippen molar-refractivity contribution in [3.05, 3.63) is 53.0 Å². The largest absolute Gasteiger partial charge is 0.496 e. The number of likely N-dealkylation sites (tertiary alicyclic amines) is 1. The minimum absolute atomic E-state index is 0.0466. The van der Waals surface area contributed by atoms with Crippen molar-refractivity contribution in [2.24, 2.45) is 0 Å². The van der Waals surface area contributed by atoms with E-state index in [0.29, 0.717) is 23.8 Å². The third kappa shape index (κ3) is 3.69. The van der Waals surface area contributed by atoms with Gasteiger partial charge in [-0.3, -0.25) is 4.79 Å². The number of ether oxygens (including phenoxy) is 1. The Bertz CT molecular complexity index is 937. The van der Waals surface area contributed by atoms with Crippen LogP contribution in [0.1, 0.15) is 34.1 Å². The van der Waals surface area contributed by atoms with E-state index in [0.717, 1.165) is 34.8 Å². The van der Waals surface area contributed by atoms with Crippen LogP contribution in [0.4, 0.5) is 0 Å². The van der Waals surface area contributed by atoms with Crippen LogP contribution < -0.4 is 4.74 Å². The molecule has 1 amide bonds. The van der Waals surface area contributed by atoms with E-state index in [1.165, 1.54) is 4.70 Å². The number of benzene rings is 2. The first-order chi connectivity index (χ1) is 13.2. The molecular formula is C21H22N2O2S2. The fourth-order valence-corrected chi connectivity index (χ4v) is 5.10. The van der Waals surface area contributed by atoms with E-state index in [1.54, 1.807) is 30.2 Å². The summed E-state index contributed by atoms with van der Waals surface area (Å²) in [5.41, 5.74) is 1.69. The monoisotopic (exact) mass is 398 g/mol. The minimum Gasteiger partial charge on any atom is -0.496 e. The van der Waals surface area contributed by atoms with Crippen molar-refractivity contribution in [1.29, 1.82) is 0 Å². The van der Waals surface area contributed by atoms with Gasteiger partial charge in [-0.1, -0.05) is 12.1 Å². The van der Waals surface area contributed by atoms with E-state index in [-0.39, 0.29) is 5.91 Å². The van der Waals surface area contributed by atoms with E-state index >= 15 is 0 Å². The zero-order valence-corrected chi connectivity index (χ0v) is 17.1. The number of methoxy groups -OCH3 is 1. The first kappa shape index (κ1) is 18.3. The quantitative estimate of drug-likeness (QED) is 0.577. The number of fused-ring (bicyclic) bond motifs is 1. The van der Waals surface area contributed by atoms with Gasteiger partial charge in [-0.15, -0.1) is 23.1 Å². The van der Waals surface area contributed by atoms with E-state index in [4.69, 9.17) is 9.72 Å². The molecule has 1 aliphatic rings. The van der Waals surface area contributed by atoms with Crippen molar-refractivity contribution in [3.63, 3.8) is 0 Å². The molecular weight excluding hydrogens is 376 g/mol. The summed E-state index contributed by atoms with van der Waals surface area (Å²) in [7, 11) is 1.62. The number of thioether (sulfide) groups is 1. The first-order valence-electron chi connectivity index (χ1n) is 9.06. The number of carbonyl (C=O) groups is 1. The van der Waals surface area contributed by atoms with Crippen LogP contribution in [0, 0.1) is 0 Å². The lowest BCUT2D eigenvalue weighted by atomic mass is 9.98. The van der Waals surface area contributed by atoms with Gasteiger partial charge in [0.2, 0.25) is 0 Å². The number of hydrogen-bond acceptors (Lipinski definition) is 5. The molecule has 0 N–H and O–H groups in total. The van der Waals surface area contributed by atoms with Crippen molar-refractivity contribution in [2.75, 3.05) is 26.5 Å². The van der Waals surface area contributed by atoms with E-state index in [9.17, 15) is 4.79 Å². The molecule has 1 atom stereocenters. The molecule has 0 bridgehead atoms. The molecule has 4 rings (SSSR count). The van der Waals surface area contributed by atoms with Gasteiger partial charge in [-0.2, -0.15) is 0 Å². The molecule has 1 aromatic heterocycles. The molecule has 0 radical (unpaired) electrons. The van der Waals surface area contributed by atoms with Crippen molar-refractivity contribution < 1.29 is 9.53 Å². The lowest BCUT2D eigenvalue weighted by Gasteiger charge is -2.32. The van der Waals surface area contributed by atoms with Gasteiger partial charge >= 0.3 is 0 Å². The smallest absolute Gasteiger partial charge is 0.257 e. The van der Waals surface area contributed by atoms with Crippen LogP contribution in [0.15, 0.2) is 47.4 Å². The summed E-state index contributed by atoms with van der Waals surface area (Å²) in [6.07, 6.45) is 4.09. The average molecular weight is 399 g/mol. The number of piperidine rings is 1. The van der Waals surface area contributed by atoms with Gasteiger partial charge in [-0.05, 0) is 49.4 Å². The summed E-state index contributed by atoms with van der Waals surface area (Å²) in [6.45, 7) is 1.50. The normalized spacial score (nSPS) is 17.3. The Kier molecular flexibility index (Phi) is 5.36. The Morgan fingerprint density at radius 2 is 2.15 bits per heavy atom. The molecule has 140 valence electrons. The van der Waals surface area contributed by atoms with Crippen LogP contribution in [-0.4, -0.2) is 42.2 Å². The maximum atomic E-state index is 13.2. The predicted octanol–water partition coefficient (Wildman–Crippen LogP) is 5.05. The summed E-state index contributed by atoms with van der Waals surface area (Å²) >= 11 is 3.39. The molecule has 3 aromatic rings. The van der Waals surface area contributed by atoms with Gasteiger partial charge in [0, 0.05) is 23.9 Å². The van der Waals surface area contributed by atoms with Gasteiger partial charge in [0.1, 0.15) is 5.75 Å². The molecule has 0 aliphatic carbocycles. The van der Waals surface area contributed by atoms with Gasteiger partial charge in [-0.25, -0.2) is 4.98 Å². The second kappa shape index (κ2) is 7.90. The third-order valence-electron chi connectivity index (χ3n) is 5.01. The fraction of sp³-hybridized carbons (Fsp3) is 0.333. The van der Waals surface area contributed by atoms with Crippen LogP contribution in [0.3, 0.4) is 0 Å². The molecule has 0 spiro atoms. The predicted molar refractivity (Wildman–Crippen MR) is 112 cm³/mol. The van der Waals surface area contributed by atoms with E-state index in [2.05, 4.69) is 12.1 Å². The number of hydrogen-bond donors (Lipinski definition) is 0. The molecule has 2 aromatic carbocycles. The average Bonchev–Trinajstić information content (AvgIpc) is 3.17. The number of amides is 1. The molecule has 6 heteroatoms. The number of carbonyl (C=O) groups excluding carboxylic acids is 1. The minimum atomic E-state index is 0.0466. The summed E-state index contributed by atoms with van der Waals surface area (Å²) in [6, 6.07) is 14.0. The van der Waals surface area contributed by atoms with Gasteiger partial charge in [0.05, 0.1) is 27.9 Å². The highest BCUT2D eigenvalue weighted by molar-refractivity contribution is 7.98. The second-order valence-corrected chi connectivity index (χ2v) is 8.62. The number of aromatic nitrogens is 1. The van der Waals surface area contributed by atoms with Gasteiger partial charge in [0.25, 0.3) is 5.91 Å². The zero-order chi connectivity index (χ0) is 18.8. The third-order valence-corrected chi connectivity index (χ3v) is 6.93. The lowest BCUT2D eigenvalue weighted by molar-refractivity contribution is 0.0703. The first-order valence-corrected chi connectivity index (χ1v) is 11.1. The molecule has 27 heavy (non-hydrogen) atoms. The number of para-hydroxylation sites is 1. The van der Waals surface area contributed by atoms with Crippen LogP contribution in [-0.2, 0) is 0 Å². The highest BCUT2D eigenvalue weighted by Crippen LogP contribution is 2.34. The second-order valence-electron chi connectivity index (χ2n) is 6.68. The highest BCUT2D eigenvalue weighted by atomic mass is 32.2. The maximum Gasteiger partial charge on any atom is 0.257 e. The van der Waals surface area contributed by atoms with Crippen molar-refractivity contribution in [2.45, 2.75) is 23.7 Å². The lowest BCUT2D eigenvalue weighted by Crippen LogP contribution is -2.39. The van der Waals surface area contributed by atoms with Crippen LogP contribution in [0.5, 0.6) is 5.75 Å². The van der Waals surface area contributed by atoms with Crippen LogP contribution in [0.25, 0.3) is 10.2 Å². The Balaban J connectivity index is 1.56. The summed E-state index contributed by atoms with van der Waals surface area (Å²) in [5, 5.41) is 1.14. The molecule has 0 saturated carbocycles. The summed E-state index contributed by atoms with van der Waals surface area (Å²) < 4.78 is 6.69. The van der Waals surface area contributed by atoms with Gasteiger partial charge in [0.15, 0.2) is 0 Å². The van der Waals surface area contributed by atoms with E-state index in [1.807, 2.05) is 41.5 Å². The van der Waals surface area contributed by atoms with Crippen molar-refractivity contribution in [3.8, 4) is 5.75 Å². The molecule has 4 nitrogen and oxygen atoms in total. The Labute approximate surface area is 167 Å². The molecule has 2 heterocycles. The van der Waals surface area contributed by atoms with Crippen molar-refractivity contribution in [1.82, 2.24) is 9.88 Å². The van der Waals surface area contributed by atoms with Crippen LogP contribution >= 0.6 is 23.1 Å². The highest BCUT2D eigenvalue weighted by Gasteiger charge is 2.28. The zero-order valence-electron chi connectivity index (χ0n) is 15.5. The van der Waals surface area contributed by atoms with Crippen molar-refractivity contribution >= 4 is 39.2 Å². The number of nitrogens with zero attached hydrogens (tertiary/aromatic N) is 2. The molecule has 1 fully saturated rings. The van der Waals surface area contributed by atoms with E-state index < -0.39 is 0 Å². The fourth-order valence-electron chi connectivity index (χ4n) is 3.57. The van der Waals surface area contributed by atoms with Crippen LogP contribution in [0.2, 0.25) is 0 Å². The molecule has 1 saturated heterocycles. The standard InChI is InChI=1S/C21H22N2O2S2/c1-25-18-12-15(26-2)9-10-16(18)21(24)23-11-5-6-14(13-23)20-22-17-7-3-4-8-19(17)27-20/h3-4,7-10,12,14H,5-6,11,13H2,1-2H3. The topological polar surface area (TPSA) is 42.4 Å². The Morgan fingerprint density at radius 3 is 2.93 bits per heavy atom. The molecule has 1 unspecified atom stereocenters. The summed E-state index contributed by atoms with van der Waals surface area (Å²) in [4.78, 5) is 21.0. The van der Waals surface area contributed by atoms with Gasteiger partial charge < -0.3 is 9.64 Å².